The molecule has 1 aliphatic heterocycles. The third kappa shape index (κ3) is 5.80. The molecule has 10 heteroatoms. The van der Waals surface area contributed by atoms with Crippen molar-refractivity contribution in [3.63, 3.8) is 0 Å². The van der Waals surface area contributed by atoms with E-state index < -0.39 is 11.9 Å². The highest BCUT2D eigenvalue weighted by Crippen LogP contribution is 2.24. The van der Waals surface area contributed by atoms with Crippen LogP contribution in [-0.4, -0.2) is 46.0 Å². The van der Waals surface area contributed by atoms with Gasteiger partial charge >= 0.3 is 5.97 Å². The number of hydrogen-bond acceptors (Lipinski definition) is 8. The van der Waals surface area contributed by atoms with Crippen LogP contribution in [0.4, 0.5) is 0 Å². The van der Waals surface area contributed by atoms with Gasteiger partial charge in [0.15, 0.2) is 5.17 Å². The molecule has 2 heterocycles. The number of amidine groups is 1. The number of carbonyl (C=O) groups excluding carboxylic acids is 2. The van der Waals surface area contributed by atoms with E-state index in [1.165, 1.54) is 7.11 Å². The number of thioether (sulfide) groups is 1. The van der Waals surface area contributed by atoms with Gasteiger partial charge in [-0.1, -0.05) is 0 Å². The molecule has 0 aliphatic carbocycles. The maximum Gasteiger partial charge on any atom is 0.331 e. The van der Waals surface area contributed by atoms with Crippen LogP contribution in [0, 0.1) is 0 Å². The molecule has 1 aromatic heterocycles. The maximum absolute atomic E-state index is 11.8. The van der Waals surface area contributed by atoms with E-state index in [0.29, 0.717) is 6.54 Å². The fraction of sp³-hybridized carbons (Fsp3) is 0.250. The summed E-state index contributed by atoms with van der Waals surface area (Å²) in [5.74, 6) is -0.234. The second-order valence-electron chi connectivity index (χ2n) is 6.51. The summed E-state index contributed by atoms with van der Waals surface area (Å²) in [6.45, 7) is 4.55. The fourth-order valence-electron chi connectivity index (χ4n) is 2.54. The zero-order valence-corrected chi connectivity index (χ0v) is 17.5. The second kappa shape index (κ2) is 9.88. The molecule has 1 aromatic carbocycles. The third-order valence-electron chi connectivity index (χ3n) is 3.82. The summed E-state index contributed by atoms with van der Waals surface area (Å²) < 4.78 is 12.4. The Hall–Kier alpha value is -3.40. The zero-order chi connectivity index (χ0) is 21.5. The van der Waals surface area contributed by atoms with E-state index in [1.807, 2.05) is 42.8 Å². The van der Waals surface area contributed by atoms with E-state index in [-0.39, 0.29) is 16.2 Å². The van der Waals surface area contributed by atoms with Gasteiger partial charge in [0.25, 0.3) is 5.91 Å². The first-order chi connectivity index (χ1) is 14.4. The van der Waals surface area contributed by atoms with Crippen LogP contribution in [0.25, 0.3) is 0 Å². The summed E-state index contributed by atoms with van der Waals surface area (Å²) in [6, 6.07) is 5.73. The van der Waals surface area contributed by atoms with E-state index in [2.05, 4.69) is 25.2 Å². The Bertz CT molecular complexity index is 1010. The third-order valence-corrected chi connectivity index (χ3v) is 4.72. The number of methoxy groups -OCH3 is 1. The fourth-order valence-corrected chi connectivity index (χ4v) is 3.28. The Morgan fingerprint density at radius 1 is 1.40 bits per heavy atom. The Labute approximate surface area is 177 Å². The highest BCUT2D eigenvalue weighted by molar-refractivity contribution is 8.18. The molecule has 1 N–H and O–H groups in total. The lowest BCUT2D eigenvalue weighted by molar-refractivity contribution is -0.135. The number of imidazole rings is 1. The lowest BCUT2D eigenvalue weighted by Crippen LogP contribution is -2.19. The standard InChI is InChI=1S/C20H21N5O4S/c1-13(2)29-16-5-4-14(8-15(16)11-25-7-6-21-12-25)10-22-24-20-23-19(27)17(30-20)9-18(26)28-3/h4-10,12-13H,11H2,1-3H3,(H,23,24,27)/b17-9+,22-10?. The van der Waals surface area contributed by atoms with Crippen molar-refractivity contribution in [1.82, 2.24) is 14.9 Å². The minimum atomic E-state index is -0.605. The Balaban J connectivity index is 1.75. The molecule has 1 amide bonds. The molecule has 9 nitrogen and oxygen atoms in total. The van der Waals surface area contributed by atoms with Gasteiger partial charge < -0.3 is 14.0 Å². The molecule has 0 saturated carbocycles. The van der Waals surface area contributed by atoms with Gasteiger partial charge in [-0.2, -0.15) is 5.10 Å². The van der Waals surface area contributed by atoms with Crippen molar-refractivity contribution in [2.75, 3.05) is 7.11 Å². The van der Waals surface area contributed by atoms with Gasteiger partial charge in [-0.15, -0.1) is 5.10 Å². The van der Waals surface area contributed by atoms with E-state index in [1.54, 1.807) is 18.7 Å². The van der Waals surface area contributed by atoms with Gasteiger partial charge in [0.1, 0.15) is 5.75 Å². The summed E-state index contributed by atoms with van der Waals surface area (Å²) in [5.41, 5.74) is 1.80. The zero-order valence-electron chi connectivity index (χ0n) is 16.7. The molecule has 2 aromatic rings. The number of nitrogens with zero attached hydrogens (tertiary/aromatic N) is 4. The number of carbonyl (C=O) groups is 2. The largest absolute Gasteiger partial charge is 0.491 e. The van der Waals surface area contributed by atoms with Gasteiger partial charge in [0.2, 0.25) is 0 Å². The first-order valence-corrected chi connectivity index (χ1v) is 9.91. The summed E-state index contributed by atoms with van der Waals surface area (Å²) in [5, 5.41) is 10.9. The quantitative estimate of drug-likeness (QED) is 0.315. The van der Waals surface area contributed by atoms with Gasteiger partial charge in [0.05, 0.1) is 37.2 Å². The van der Waals surface area contributed by atoms with Gasteiger partial charge in [-0.05, 0) is 49.4 Å². The number of benzene rings is 1. The number of hydrogen-bond donors (Lipinski definition) is 1. The predicted molar refractivity (Wildman–Crippen MR) is 114 cm³/mol. The smallest absolute Gasteiger partial charge is 0.331 e. The highest BCUT2D eigenvalue weighted by Gasteiger charge is 2.25. The molecule has 30 heavy (non-hydrogen) atoms. The van der Waals surface area contributed by atoms with Crippen molar-refractivity contribution in [1.29, 1.82) is 0 Å². The molecule has 0 atom stereocenters. The second-order valence-corrected chi connectivity index (χ2v) is 7.54. The molecule has 156 valence electrons. The van der Waals surface area contributed by atoms with Crippen LogP contribution in [0.1, 0.15) is 25.0 Å². The molecule has 0 unspecified atom stereocenters. The van der Waals surface area contributed by atoms with Gasteiger partial charge in [0, 0.05) is 24.0 Å². The summed E-state index contributed by atoms with van der Waals surface area (Å²) in [4.78, 5) is 27.4. The van der Waals surface area contributed by atoms with Crippen molar-refractivity contribution in [2.45, 2.75) is 26.5 Å². The molecule has 1 fully saturated rings. The van der Waals surface area contributed by atoms with E-state index >= 15 is 0 Å². The van der Waals surface area contributed by atoms with Crippen molar-refractivity contribution >= 4 is 35.0 Å². The van der Waals surface area contributed by atoms with Crippen molar-refractivity contribution in [3.8, 4) is 5.75 Å². The minimum Gasteiger partial charge on any atom is -0.491 e. The molecule has 0 spiro atoms. The van der Waals surface area contributed by atoms with Crippen LogP contribution in [-0.2, 0) is 20.9 Å². The summed E-state index contributed by atoms with van der Waals surface area (Å²) >= 11 is 1.02. The van der Waals surface area contributed by atoms with E-state index in [4.69, 9.17) is 4.74 Å². The molecule has 0 radical (unpaired) electrons. The lowest BCUT2D eigenvalue weighted by Gasteiger charge is -2.15. The number of nitrogens with one attached hydrogen (secondary N) is 1. The number of esters is 1. The normalized spacial score (nSPS) is 16.6. The van der Waals surface area contributed by atoms with Crippen LogP contribution in [0.5, 0.6) is 5.75 Å². The average molecular weight is 427 g/mol. The van der Waals surface area contributed by atoms with Crippen LogP contribution in [0.2, 0.25) is 0 Å². The molecular formula is C20H21N5O4S. The molecule has 1 aliphatic rings. The summed E-state index contributed by atoms with van der Waals surface area (Å²) in [6.07, 6.45) is 8.09. The Kier molecular flexibility index (Phi) is 7.02. The number of rotatable bonds is 7. The SMILES string of the molecule is COC(=O)/C=C1/S/C(=N\N=Cc2ccc(OC(C)C)c(Cn3ccnc3)c2)NC1=O. The van der Waals surface area contributed by atoms with Crippen LogP contribution < -0.4 is 10.1 Å². The summed E-state index contributed by atoms with van der Waals surface area (Å²) in [7, 11) is 1.24. The number of amides is 1. The molecule has 3 rings (SSSR count). The van der Waals surface area contributed by atoms with Crippen molar-refractivity contribution in [2.24, 2.45) is 10.2 Å². The molecular weight excluding hydrogens is 406 g/mol. The van der Waals surface area contributed by atoms with Gasteiger partial charge in [-0.3, -0.25) is 10.1 Å². The van der Waals surface area contributed by atoms with E-state index in [9.17, 15) is 9.59 Å². The minimum absolute atomic E-state index is 0.0488. The van der Waals surface area contributed by atoms with Crippen molar-refractivity contribution < 1.29 is 19.1 Å². The highest BCUT2D eigenvalue weighted by atomic mass is 32.2. The van der Waals surface area contributed by atoms with Crippen molar-refractivity contribution in [3.05, 3.63) is 59.0 Å². The molecule has 0 bridgehead atoms. The van der Waals surface area contributed by atoms with E-state index in [0.717, 1.165) is 34.7 Å². The first-order valence-electron chi connectivity index (χ1n) is 9.10. The number of aromatic nitrogens is 2. The molecule has 1 saturated heterocycles. The van der Waals surface area contributed by atoms with Crippen LogP contribution >= 0.6 is 11.8 Å². The maximum atomic E-state index is 11.8. The number of ether oxygens (including phenoxy) is 2. The predicted octanol–water partition coefficient (Wildman–Crippen LogP) is 2.33. The monoisotopic (exact) mass is 427 g/mol. The average Bonchev–Trinajstić information content (AvgIpc) is 3.33. The lowest BCUT2D eigenvalue weighted by atomic mass is 10.1. The topological polar surface area (TPSA) is 107 Å². The van der Waals surface area contributed by atoms with Crippen LogP contribution in [0.3, 0.4) is 0 Å². The Morgan fingerprint density at radius 2 is 2.23 bits per heavy atom. The van der Waals surface area contributed by atoms with Gasteiger partial charge in [-0.25, -0.2) is 9.78 Å². The first kappa shape index (κ1) is 21.3. The van der Waals surface area contributed by atoms with Crippen LogP contribution in [0.15, 0.2) is 58.1 Å². The Morgan fingerprint density at radius 3 is 2.93 bits per heavy atom.